The number of hydrogen-bond acceptors (Lipinski definition) is 7. The number of rotatable bonds is 5. The largest absolute Gasteiger partial charge is 0.452 e. The molecule has 1 aromatic carbocycles. The first-order valence-corrected chi connectivity index (χ1v) is 7.63. The fourth-order valence-corrected chi connectivity index (χ4v) is 2.43. The van der Waals surface area contributed by atoms with Crippen LogP contribution in [0.25, 0.3) is 0 Å². The number of carbonyl (C=O) groups excluding carboxylic acids is 3. The van der Waals surface area contributed by atoms with Crippen LogP contribution < -0.4 is 5.32 Å². The monoisotopic (exact) mass is 368 g/mol. The number of halogens is 1. The molecule has 2 rings (SSSR count). The van der Waals surface area contributed by atoms with Crippen LogP contribution in [0.15, 0.2) is 35.7 Å². The number of imide groups is 1. The van der Waals surface area contributed by atoms with Gasteiger partial charge in [-0.25, -0.2) is 4.79 Å². The molecule has 0 saturated heterocycles. The molecule has 1 N–H and O–H groups in total. The molecule has 0 bridgehead atoms. The SMILES string of the molecule is O=C(COC(=O)c1ccc(Cl)c([N+](=O)[O-])c1)NC(=O)c1cccs1. The number of nitrogens with one attached hydrogen (secondary N) is 1. The van der Waals surface area contributed by atoms with Gasteiger partial charge in [-0.05, 0) is 23.6 Å². The lowest BCUT2D eigenvalue weighted by atomic mass is 10.2. The van der Waals surface area contributed by atoms with Gasteiger partial charge in [-0.1, -0.05) is 17.7 Å². The normalized spacial score (nSPS) is 10.0. The summed E-state index contributed by atoms with van der Waals surface area (Å²) < 4.78 is 4.72. The van der Waals surface area contributed by atoms with Gasteiger partial charge in [-0.2, -0.15) is 0 Å². The summed E-state index contributed by atoms with van der Waals surface area (Å²) in [6, 6.07) is 6.53. The number of amides is 2. The fourth-order valence-electron chi connectivity index (χ4n) is 1.63. The Morgan fingerprint density at radius 1 is 1.29 bits per heavy atom. The molecule has 1 heterocycles. The van der Waals surface area contributed by atoms with Gasteiger partial charge in [0, 0.05) is 6.07 Å². The maximum absolute atomic E-state index is 11.8. The van der Waals surface area contributed by atoms with E-state index in [9.17, 15) is 24.5 Å². The van der Waals surface area contributed by atoms with Crippen molar-refractivity contribution in [3.8, 4) is 0 Å². The number of ether oxygens (including phenoxy) is 1. The first-order valence-electron chi connectivity index (χ1n) is 6.37. The molecule has 2 amide bonds. The van der Waals surface area contributed by atoms with Crippen molar-refractivity contribution in [1.82, 2.24) is 5.32 Å². The summed E-state index contributed by atoms with van der Waals surface area (Å²) in [4.78, 5) is 45.4. The van der Waals surface area contributed by atoms with E-state index in [1.165, 1.54) is 18.2 Å². The van der Waals surface area contributed by atoms with E-state index in [1.807, 2.05) is 0 Å². The number of carbonyl (C=O) groups is 3. The minimum atomic E-state index is -0.950. The van der Waals surface area contributed by atoms with Gasteiger partial charge in [-0.15, -0.1) is 11.3 Å². The Bertz CT molecular complexity index is 806. The quantitative estimate of drug-likeness (QED) is 0.492. The lowest BCUT2D eigenvalue weighted by molar-refractivity contribution is -0.384. The lowest BCUT2D eigenvalue weighted by Gasteiger charge is -2.05. The number of hydrogen-bond donors (Lipinski definition) is 1. The standard InChI is InChI=1S/C14H9ClN2O6S/c15-9-4-3-8(6-10(9)17(21)22)14(20)23-7-12(18)16-13(19)11-2-1-5-24-11/h1-6H,7H2,(H,16,18,19). The van der Waals surface area contributed by atoms with E-state index in [4.69, 9.17) is 16.3 Å². The second-order valence-corrected chi connectivity index (χ2v) is 5.71. The van der Waals surface area contributed by atoms with E-state index < -0.39 is 35.0 Å². The molecule has 0 spiro atoms. The van der Waals surface area contributed by atoms with Crippen molar-refractivity contribution >= 4 is 46.4 Å². The van der Waals surface area contributed by atoms with Gasteiger partial charge in [0.15, 0.2) is 6.61 Å². The predicted molar refractivity (Wildman–Crippen MR) is 85.2 cm³/mol. The van der Waals surface area contributed by atoms with Crippen LogP contribution >= 0.6 is 22.9 Å². The van der Waals surface area contributed by atoms with Crippen molar-refractivity contribution in [3.63, 3.8) is 0 Å². The highest BCUT2D eigenvalue weighted by atomic mass is 35.5. The van der Waals surface area contributed by atoms with Crippen molar-refractivity contribution in [3.05, 3.63) is 61.3 Å². The molecular formula is C14H9ClN2O6S. The number of esters is 1. The van der Waals surface area contributed by atoms with Crippen molar-refractivity contribution in [2.75, 3.05) is 6.61 Å². The minimum Gasteiger partial charge on any atom is -0.452 e. The van der Waals surface area contributed by atoms with E-state index in [0.717, 1.165) is 17.4 Å². The Morgan fingerprint density at radius 3 is 2.67 bits per heavy atom. The molecule has 0 aliphatic carbocycles. The summed E-state index contributed by atoms with van der Waals surface area (Å²) in [7, 11) is 0. The molecule has 0 saturated carbocycles. The first kappa shape index (κ1) is 17.6. The zero-order chi connectivity index (χ0) is 17.7. The number of benzene rings is 1. The van der Waals surface area contributed by atoms with Gasteiger partial charge >= 0.3 is 5.97 Å². The van der Waals surface area contributed by atoms with E-state index in [0.29, 0.717) is 4.88 Å². The zero-order valence-corrected chi connectivity index (χ0v) is 13.4. The van der Waals surface area contributed by atoms with Crippen LogP contribution in [-0.4, -0.2) is 29.3 Å². The number of nitrogens with zero attached hydrogens (tertiary/aromatic N) is 1. The molecular weight excluding hydrogens is 360 g/mol. The summed E-state index contributed by atoms with van der Waals surface area (Å²) >= 11 is 6.79. The van der Waals surface area contributed by atoms with Gasteiger partial charge in [0.1, 0.15) is 5.02 Å². The molecule has 8 nitrogen and oxygen atoms in total. The fraction of sp³-hybridized carbons (Fsp3) is 0.0714. The zero-order valence-electron chi connectivity index (χ0n) is 11.9. The van der Waals surface area contributed by atoms with Crippen molar-refractivity contribution in [2.45, 2.75) is 0 Å². The van der Waals surface area contributed by atoms with Gasteiger partial charge < -0.3 is 4.74 Å². The Kier molecular flexibility index (Phi) is 5.61. The molecule has 10 heteroatoms. The molecule has 0 unspecified atom stereocenters. The summed E-state index contributed by atoms with van der Waals surface area (Å²) in [6.45, 7) is -0.702. The highest BCUT2D eigenvalue weighted by molar-refractivity contribution is 7.12. The number of thiophene rings is 1. The molecule has 0 atom stereocenters. The smallest absolute Gasteiger partial charge is 0.338 e. The van der Waals surface area contributed by atoms with Gasteiger partial charge in [-0.3, -0.25) is 25.0 Å². The summed E-state index contributed by atoms with van der Waals surface area (Å²) in [5.74, 6) is -2.37. The third-order valence-electron chi connectivity index (χ3n) is 2.71. The van der Waals surface area contributed by atoms with Crippen LogP contribution in [0.2, 0.25) is 5.02 Å². The second kappa shape index (κ2) is 7.66. The maximum Gasteiger partial charge on any atom is 0.338 e. The Morgan fingerprint density at radius 2 is 2.04 bits per heavy atom. The second-order valence-electron chi connectivity index (χ2n) is 4.35. The Balaban J connectivity index is 1.93. The number of nitro benzene ring substituents is 1. The average Bonchev–Trinajstić information content (AvgIpc) is 3.07. The van der Waals surface area contributed by atoms with Crippen LogP contribution in [0.3, 0.4) is 0 Å². The minimum absolute atomic E-state index is 0.129. The molecule has 0 aliphatic rings. The van der Waals surface area contributed by atoms with Crippen LogP contribution in [-0.2, 0) is 9.53 Å². The van der Waals surface area contributed by atoms with Crippen LogP contribution in [0.4, 0.5) is 5.69 Å². The van der Waals surface area contributed by atoms with E-state index >= 15 is 0 Å². The average molecular weight is 369 g/mol. The highest BCUT2D eigenvalue weighted by Crippen LogP contribution is 2.25. The molecule has 24 heavy (non-hydrogen) atoms. The van der Waals surface area contributed by atoms with Gasteiger partial charge in [0.2, 0.25) is 0 Å². The molecule has 124 valence electrons. The first-order chi connectivity index (χ1) is 11.4. The summed E-state index contributed by atoms with van der Waals surface area (Å²) in [5.41, 5.74) is -0.591. The van der Waals surface area contributed by atoms with Crippen molar-refractivity contribution in [2.24, 2.45) is 0 Å². The van der Waals surface area contributed by atoms with E-state index in [2.05, 4.69) is 5.32 Å². The van der Waals surface area contributed by atoms with Crippen molar-refractivity contribution in [1.29, 1.82) is 0 Å². The molecule has 2 aromatic rings. The number of nitro groups is 1. The third-order valence-corrected chi connectivity index (χ3v) is 3.90. The summed E-state index contributed by atoms with van der Waals surface area (Å²) in [6.07, 6.45) is 0. The van der Waals surface area contributed by atoms with Crippen LogP contribution in [0.1, 0.15) is 20.0 Å². The van der Waals surface area contributed by atoms with E-state index in [1.54, 1.807) is 11.4 Å². The Hall–Kier alpha value is -2.78. The molecule has 0 aliphatic heterocycles. The van der Waals surface area contributed by atoms with E-state index in [-0.39, 0.29) is 10.6 Å². The van der Waals surface area contributed by atoms with Crippen LogP contribution in [0.5, 0.6) is 0 Å². The van der Waals surface area contributed by atoms with Gasteiger partial charge in [0.05, 0.1) is 15.4 Å². The van der Waals surface area contributed by atoms with Gasteiger partial charge in [0.25, 0.3) is 17.5 Å². The third kappa shape index (κ3) is 4.37. The molecule has 0 radical (unpaired) electrons. The molecule has 0 fully saturated rings. The highest BCUT2D eigenvalue weighted by Gasteiger charge is 2.18. The predicted octanol–water partition coefficient (Wildman–Crippen LogP) is 2.42. The topological polar surface area (TPSA) is 116 Å². The summed E-state index contributed by atoms with van der Waals surface area (Å²) in [5, 5.41) is 14.4. The molecule has 1 aromatic heterocycles. The lowest BCUT2D eigenvalue weighted by Crippen LogP contribution is -2.33. The maximum atomic E-state index is 11.8. The van der Waals surface area contributed by atoms with Crippen LogP contribution in [0, 0.1) is 10.1 Å². The van der Waals surface area contributed by atoms with Crippen molar-refractivity contribution < 1.29 is 24.0 Å². The Labute approximate surface area is 144 Å².